The number of rotatable bonds is 8. The lowest BCUT2D eigenvalue weighted by molar-refractivity contribution is -0.392. The third kappa shape index (κ3) is 6.26. The molecule has 1 amide bonds. The summed E-state index contributed by atoms with van der Waals surface area (Å²) in [6, 6.07) is 0. The molecule has 0 spiro atoms. The molecular formula is C12H17N5O6S. The smallest absolute Gasteiger partial charge is 0.342 e. The Morgan fingerprint density at radius 3 is 2.79 bits per heavy atom. The number of amides is 1. The van der Waals surface area contributed by atoms with Crippen LogP contribution in [0.25, 0.3) is 0 Å². The minimum atomic E-state index is -0.695. The highest BCUT2D eigenvalue weighted by molar-refractivity contribution is 7.80. The molecule has 2 N–H and O–H groups in total. The summed E-state index contributed by atoms with van der Waals surface area (Å²) in [5.74, 6) is -0.950. The minimum absolute atomic E-state index is 0.0870. The standard InChI is InChI=1S/C12H17N5O6S/c1-8-14-5-10(17(20)21)16(8)3-4-23-11(19)7-22-6-9(18)15-12(24)13-2/h5H,3-4,6-7H2,1-2H3,(H2,13,15,18,24). The summed E-state index contributed by atoms with van der Waals surface area (Å²) in [7, 11) is 1.55. The van der Waals surface area contributed by atoms with E-state index in [4.69, 9.17) is 21.7 Å². The molecule has 12 heteroatoms. The average Bonchev–Trinajstić information content (AvgIpc) is 2.88. The number of nitrogens with one attached hydrogen (secondary N) is 2. The fourth-order valence-corrected chi connectivity index (χ4v) is 1.74. The van der Waals surface area contributed by atoms with Crippen LogP contribution in [0.15, 0.2) is 6.20 Å². The molecule has 24 heavy (non-hydrogen) atoms. The molecule has 0 saturated heterocycles. The molecule has 0 aliphatic heterocycles. The van der Waals surface area contributed by atoms with E-state index in [1.54, 1.807) is 14.0 Å². The van der Waals surface area contributed by atoms with Crippen molar-refractivity contribution < 1.29 is 24.0 Å². The van der Waals surface area contributed by atoms with Crippen molar-refractivity contribution in [3.05, 3.63) is 22.1 Å². The zero-order chi connectivity index (χ0) is 18.1. The van der Waals surface area contributed by atoms with Crippen molar-refractivity contribution in [1.29, 1.82) is 0 Å². The Morgan fingerprint density at radius 2 is 2.17 bits per heavy atom. The molecular weight excluding hydrogens is 342 g/mol. The van der Waals surface area contributed by atoms with Gasteiger partial charge in [0, 0.05) is 14.0 Å². The van der Waals surface area contributed by atoms with E-state index in [0.29, 0.717) is 5.82 Å². The second-order valence-corrected chi connectivity index (χ2v) is 4.82. The highest BCUT2D eigenvalue weighted by Gasteiger charge is 2.17. The first-order chi connectivity index (χ1) is 11.3. The Hall–Kier alpha value is -2.60. The number of carbonyl (C=O) groups excluding carboxylic acids is 2. The molecule has 1 aromatic rings. The number of hydrogen-bond acceptors (Lipinski definition) is 8. The second-order valence-electron chi connectivity index (χ2n) is 4.41. The number of nitro groups is 1. The van der Waals surface area contributed by atoms with E-state index in [0.717, 1.165) is 6.20 Å². The molecule has 0 aliphatic rings. The van der Waals surface area contributed by atoms with Gasteiger partial charge in [0.05, 0.1) is 0 Å². The van der Waals surface area contributed by atoms with E-state index in [-0.39, 0.29) is 30.7 Å². The molecule has 1 heterocycles. The van der Waals surface area contributed by atoms with Crippen LogP contribution in [0.5, 0.6) is 0 Å². The predicted molar refractivity (Wildman–Crippen MR) is 85.2 cm³/mol. The maximum Gasteiger partial charge on any atom is 0.342 e. The number of thiocarbonyl (C=S) groups is 1. The second kappa shape index (κ2) is 9.52. The van der Waals surface area contributed by atoms with Crippen LogP contribution in [-0.4, -0.2) is 58.3 Å². The summed E-state index contributed by atoms with van der Waals surface area (Å²) in [6.07, 6.45) is 1.13. The fourth-order valence-electron chi connectivity index (χ4n) is 1.62. The first kappa shape index (κ1) is 19.4. The molecule has 0 fully saturated rings. The van der Waals surface area contributed by atoms with Gasteiger partial charge in [0.25, 0.3) is 5.91 Å². The molecule has 0 unspecified atom stereocenters. The van der Waals surface area contributed by atoms with E-state index in [1.807, 2.05) is 0 Å². The van der Waals surface area contributed by atoms with Crippen LogP contribution in [0, 0.1) is 17.0 Å². The van der Waals surface area contributed by atoms with Crippen molar-refractivity contribution >= 4 is 35.0 Å². The van der Waals surface area contributed by atoms with Gasteiger partial charge in [-0.3, -0.25) is 4.79 Å². The summed E-state index contributed by atoms with van der Waals surface area (Å²) >= 11 is 4.72. The summed E-state index contributed by atoms with van der Waals surface area (Å²) < 4.78 is 11.1. The number of ether oxygens (including phenoxy) is 2. The number of aryl methyl sites for hydroxylation is 1. The van der Waals surface area contributed by atoms with Gasteiger partial charge in [-0.15, -0.1) is 0 Å². The Morgan fingerprint density at radius 1 is 1.46 bits per heavy atom. The van der Waals surface area contributed by atoms with Crippen LogP contribution in [0.3, 0.4) is 0 Å². The molecule has 0 aromatic carbocycles. The zero-order valence-electron chi connectivity index (χ0n) is 13.1. The molecule has 0 radical (unpaired) electrons. The lowest BCUT2D eigenvalue weighted by Crippen LogP contribution is -2.39. The summed E-state index contributed by atoms with van der Waals surface area (Å²) in [4.78, 5) is 36.8. The number of esters is 1. The van der Waals surface area contributed by atoms with Crippen molar-refractivity contribution in [2.24, 2.45) is 0 Å². The topological polar surface area (TPSA) is 138 Å². The molecule has 1 rings (SSSR count). The van der Waals surface area contributed by atoms with Crippen LogP contribution < -0.4 is 10.6 Å². The zero-order valence-corrected chi connectivity index (χ0v) is 13.9. The van der Waals surface area contributed by atoms with E-state index >= 15 is 0 Å². The third-order valence-corrected chi connectivity index (χ3v) is 3.04. The number of hydrogen-bond donors (Lipinski definition) is 2. The molecule has 11 nitrogen and oxygen atoms in total. The normalized spacial score (nSPS) is 10.1. The van der Waals surface area contributed by atoms with Gasteiger partial charge in [-0.1, -0.05) is 0 Å². The molecule has 132 valence electrons. The maximum absolute atomic E-state index is 11.5. The van der Waals surface area contributed by atoms with Gasteiger partial charge in [-0.2, -0.15) is 0 Å². The van der Waals surface area contributed by atoms with E-state index < -0.39 is 23.4 Å². The van der Waals surface area contributed by atoms with Gasteiger partial charge in [0.1, 0.15) is 32.6 Å². The molecule has 0 atom stereocenters. The monoisotopic (exact) mass is 359 g/mol. The lowest BCUT2D eigenvalue weighted by atomic mass is 10.5. The van der Waals surface area contributed by atoms with Crippen LogP contribution in [0.1, 0.15) is 5.82 Å². The minimum Gasteiger partial charge on any atom is -0.460 e. The highest BCUT2D eigenvalue weighted by atomic mass is 32.1. The molecule has 0 bridgehead atoms. The van der Waals surface area contributed by atoms with Gasteiger partial charge in [-0.05, 0) is 17.1 Å². The largest absolute Gasteiger partial charge is 0.460 e. The van der Waals surface area contributed by atoms with Crippen LogP contribution in [-0.2, 0) is 25.6 Å². The number of imidazole rings is 1. The van der Waals surface area contributed by atoms with Crippen molar-refractivity contribution in [3.8, 4) is 0 Å². The van der Waals surface area contributed by atoms with E-state index in [9.17, 15) is 19.7 Å². The van der Waals surface area contributed by atoms with Crippen molar-refractivity contribution in [1.82, 2.24) is 20.2 Å². The quantitative estimate of drug-likeness (QED) is 0.266. The van der Waals surface area contributed by atoms with Gasteiger partial charge in [-0.25, -0.2) is 14.3 Å². The van der Waals surface area contributed by atoms with Gasteiger partial charge in [0.2, 0.25) is 0 Å². The molecule has 1 aromatic heterocycles. The fraction of sp³-hybridized carbons (Fsp3) is 0.500. The van der Waals surface area contributed by atoms with Crippen LogP contribution >= 0.6 is 12.2 Å². The Balaban J connectivity index is 2.28. The van der Waals surface area contributed by atoms with Crippen LogP contribution in [0.2, 0.25) is 0 Å². The lowest BCUT2D eigenvalue weighted by Gasteiger charge is -2.07. The van der Waals surface area contributed by atoms with Crippen molar-refractivity contribution in [2.45, 2.75) is 13.5 Å². The van der Waals surface area contributed by atoms with Crippen molar-refractivity contribution in [3.63, 3.8) is 0 Å². The van der Waals surface area contributed by atoms with Gasteiger partial charge in [0.15, 0.2) is 10.9 Å². The first-order valence-electron chi connectivity index (χ1n) is 6.76. The van der Waals surface area contributed by atoms with Crippen molar-refractivity contribution in [2.75, 3.05) is 26.9 Å². The summed E-state index contributed by atoms with van der Waals surface area (Å²) in [5, 5.41) is 15.8. The number of nitrogens with zero attached hydrogens (tertiary/aromatic N) is 3. The Bertz CT molecular complexity index is 631. The molecule has 0 aliphatic carbocycles. The first-order valence-corrected chi connectivity index (χ1v) is 7.17. The average molecular weight is 359 g/mol. The number of aromatic nitrogens is 2. The number of carbonyl (C=O) groups is 2. The summed E-state index contributed by atoms with van der Waals surface area (Å²) in [6.45, 7) is 0.820. The van der Waals surface area contributed by atoms with Crippen LogP contribution in [0.4, 0.5) is 5.82 Å². The summed E-state index contributed by atoms with van der Waals surface area (Å²) in [5.41, 5.74) is 0. The highest BCUT2D eigenvalue weighted by Crippen LogP contribution is 2.12. The maximum atomic E-state index is 11.5. The van der Waals surface area contributed by atoms with E-state index in [2.05, 4.69) is 15.6 Å². The Kier molecular flexibility index (Phi) is 7.71. The van der Waals surface area contributed by atoms with Gasteiger partial charge < -0.3 is 30.2 Å². The predicted octanol–water partition coefficient (Wildman–Crippen LogP) is -0.720. The van der Waals surface area contributed by atoms with Gasteiger partial charge >= 0.3 is 11.8 Å². The molecule has 0 saturated carbocycles. The van der Waals surface area contributed by atoms with E-state index in [1.165, 1.54) is 4.57 Å². The third-order valence-electron chi connectivity index (χ3n) is 2.73. The Labute approximate surface area is 142 Å². The SMILES string of the molecule is CNC(=S)NC(=O)COCC(=O)OCCn1c([N+](=O)[O-])cnc1C.